The van der Waals surface area contributed by atoms with Crippen molar-refractivity contribution in [2.45, 2.75) is 37.7 Å². The highest BCUT2D eigenvalue weighted by atomic mass is 16.5. The van der Waals surface area contributed by atoms with Crippen molar-refractivity contribution >= 4 is 22.5 Å². The maximum Gasteiger partial charge on any atom is 0.212 e. The fourth-order valence-electron chi connectivity index (χ4n) is 9.23. The largest absolute Gasteiger partial charge is 0.469 e. The molecule has 0 spiro atoms. The van der Waals surface area contributed by atoms with E-state index in [4.69, 9.17) is 24.4 Å². The molecule has 6 aromatic carbocycles. The average Bonchev–Trinajstić information content (AvgIpc) is 3.58. The molecule has 3 heterocycles. The third-order valence-electron chi connectivity index (χ3n) is 12.1. The molecule has 6 nitrogen and oxygen atoms in total. The van der Waals surface area contributed by atoms with Gasteiger partial charge in [0.2, 0.25) is 5.60 Å². The molecule has 55 heavy (non-hydrogen) atoms. The second kappa shape index (κ2) is 13.3. The molecule has 6 heteroatoms. The third kappa shape index (κ3) is 5.23. The molecule has 0 amide bonds. The van der Waals surface area contributed by atoms with Crippen LogP contribution < -0.4 is 9.64 Å². The zero-order valence-electron chi connectivity index (χ0n) is 31.2. The van der Waals surface area contributed by atoms with Crippen LogP contribution >= 0.6 is 0 Å². The minimum Gasteiger partial charge on any atom is -0.469 e. The van der Waals surface area contributed by atoms with Crippen LogP contribution in [0.15, 0.2) is 140 Å². The SMILES string of the molecule is CCC1(CC)c2ccccc2-c2c1c1c(c3ccccc23)OC(c2ccc(N3CCOCC3)cc2)(c2nc(-c3ccccc3)nc(-c3ccccc3)n2)C=C1. The smallest absolute Gasteiger partial charge is 0.212 e. The lowest BCUT2D eigenvalue weighted by Crippen LogP contribution is -2.38. The van der Waals surface area contributed by atoms with Crippen molar-refractivity contribution in [1.82, 2.24) is 15.0 Å². The number of aromatic nitrogens is 3. The van der Waals surface area contributed by atoms with Gasteiger partial charge in [-0.05, 0) is 58.7 Å². The van der Waals surface area contributed by atoms with Crippen LogP contribution in [-0.4, -0.2) is 41.3 Å². The van der Waals surface area contributed by atoms with E-state index in [1.807, 2.05) is 60.7 Å². The van der Waals surface area contributed by atoms with E-state index in [-0.39, 0.29) is 5.41 Å². The molecule has 7 aromatic rings. The Bertz CT molecular complexity index is 2520. The maximum absolute atomic E-state index is 7.71. The molecular formula is C49H42N4O2. The molecular weight excluding hydrogens is 677 g/mol. The monoisotopic (exact) mass is 718 g/mol. The first-order valence-corrected chi connectivity index (χ1v) is 19.5. The lowest BCUT2D eigenvalue weighted by Gasteiger charge is -2.38. The molecule has 1 unspecified atom stereocenters. The third-order valence-corrected chi connectivity index (χ3v) is 12.1. The Balaban J connectivity index is 1.25. The quantitative estimate of drug-likeness (QED) is 0.164. The highest BCUT2D eigenvalue weighted by Crippen LogP contribution is 2.60. The summed E-state index contributed by atoms with van der Waals surface area (Å²) in [6, 6.07) is 46.8. The number of nitrogens with zero attached hydrogens (tertiary/aromatic N) is 4. The van der Waals surface area contributed by atoms with Crippen molar-refractivity contribution < 1.29 is 9.47 Å². The summed E-state index contributed by atoms with van der Waals surface area (Å²) in [6.45, 7) is 7.82. The van der Waals surface area contributed by atoms with E-state index in [2.05, 4.69) is 104 Å². The number of hydrogen-bond acceptors (Lipinski definition) is 6. The lowest BCUT2D eigenvalue weighted by atomic mass is 9.71. The summed E-state index contributed by atoms with van der Waals surface area (Å²) in [5.74, 6) is 2.59. The number of ether oxygens (including phenoxy) is 2. The minimum absolute atomic E-state index is 0.151. The fourth-order valence-corrected chi connectivity index (χ4v) is 9.23. The van der Waals surface area contributed by atoms with Crippen LogP contribution in [0.3, 0.4) is 0 Å². The molecule has 270 valence electrons. The van der Waals surface area contributed by atoms with Crippen LogP contribution in [0.5, 0.6) is 5.75 Å². The topological polar surface area (TPSA) is 60.4 Å². The number of fused-ring (bicyclic) bond motifs is 8. The molecule has 0 N–H and O–H groups in total. The van der Waals surface area contributed by atoms with Gasteiger partial charge in [0, 0.05) is 51.8 Å². The highest BCUT2D eigenvalue weighted by molar-refractivity contribution is 6.08. The van der Waals surface area contributed by atoms with E-state index in [1.54, 1.807) is 0 Å². The normalized spacial score (nSPS) is 18.0. The van der Waals surface area contributed by atoms with E-state index in [0.29, 0.717) is 17.5 Å². The lowest BCUT2D eigenvalue weighted by molar-refractivity contribution is 0.122. The molecule has 1 fully saturated rings. The van der Waals surface area contributed by atoms with Gasteiger partial charge in [-0.2, -0.15) is 0 Å². The van der Waals surface area contributed by atoms with E-state index in [0.717, 1.165) is 78.2 Å². The second-order valence-corrected chi connectivity index (χ2v) is 14.7. The zero-order chi connectivity index (χ0) is 37.0. The van der Waals surface area contributed by atoms with Crippen LogP contribution in [0, 0.1) is 0 Å². The molecule has 1 aromatic heterocycles. The van der Waals surface area contributed by atoms with E-state index >= 15 is 0 Å². The van der Waals surface area contributed by atoms with Gasteiger partial charge in [-0.1, -0.05) is 141 Å². The van der Waals surface area contributed by atoms with Gasteiger partial charge in [0.05, 0.1) is 13.2 Å². The average molecular weight is 719 g/mol. The molecule has 0 radical (unpaired) electrons. The summed E-state index contributed by atoms with van der Waals surface area (Å²) < 4.78 is 13.4. The van der Waals surface area contributed by atoms with Crippen molar-refractivity contribution in [2.75, 3.05) is 31.2 Å². The fraction of sp³-hybridized carbons (Fsp3) is 0.204. The predicted molar refractivity (Wildman–Crippen MR) is 221 cm³/mol. The summed E-state index contributed by atoms with van der Waals surface area (Å²) in [4.78, 5) is 18.0. The van der Waals surface area contributed by atoms with Crippen LogP contribution in [0.4, 0.5) is 5.69 Å². The van der Waals surface area contributed by atoms with Crippen molar-refractivity contribution in [2.24, 2.45) is 0 Å². The van der Waals surface area contributed by atoms with Crippen molar-refractivity contribution in [3.63, 3.8) is 0 Å². The summed E-state index contributed by atoms with van der Waals surface area (Å²) in [7, 11) is 0. The number of morpholine rings is 1. The van der Waals surface area contributed by atoms with Crippen molar-refractivity contribution in [1.29, 1.82) is 0 Å². The second-order valence-electron chi connectivity index (χ2n) is 14.7. The van der Waals surface area contributed by atoms with E-state index in [9.17, 15) is 0 Å². The minimum atomic E-state index is -1.17. The highest BCUT2D eigenvalue weighted by Gasteiger charge is 2.48. The van der Waals surface area contributed by atoms with Crippen LogP contribution in [0.1, 0.15) is 54.8 Å². The first-order valence-electron chi connectivity index (χ1n) is 19.5. The van der Waals surface area contributed by atoms with E-state index in [1.165, 1.54) is 27.6 Å². The van der Waals surface area contributed by atoms with Crippen LogP contribution in [0.2, 0.25) is 0 Å². The van der Waals surface area contributed by atoms with E-state index < -0.39 is 5.60 Å². The van der Waals surface area contributed by atoms with Crippen molar-refractivity contribution in [3.8, 4) is 39.7 Å². The number of rotatable bonds is 7. The molecule has 3 aliphatic rings. The van der Waals surface area contributed by atoms with Gasteiger partial charge in [0.15, 0.2) is 17.5 Å². The number of anilines is 1. The van der Waals surface area contributed by atoms with Gasteiger partial charge in [0.25, 0.3) is 0 Å². The Labute approximate surface area is 322 Å². The Kier molecular flexibility index (Phi) is 8.11. The first kappa shape index (κ1) is 33.5. The molecule has 0 saturated carbocycles. The van der Waals surface area contributed by atoms with Gasteiger partial charge < -0.3 is 14.4 Å². The Morgan fingerprint density at radius 1 is 0.636 bits per heavy atom. The molecule has 1 saturated heterocycles. The molecule has 0 bridgehead atoms. The predicted octanol–water partition coefficient (Wildman–Crippen LogP) is 10.6. The van der Waals surface area contributed by atoms with Crippen LogP contribution in [0.25, 0.3) is 50.8 Å². The van der Waals surface area contributed by atoms with Gasteiger partial charge in [-0.15, -0.1) is 0 Å². The Morgan fingerprint density at radius 2 is 1.24 bits per heavy atom. The molecule has 1 aliphatic carbocycles. The summed E-state index contributed by atoms with van der Waals surface area (Å²) in [6.07, 6.45) is 6.47. The van der Waals surface area contributed by atoms with Crippen molar-refractivity contribution in [3.05, 3.63) is 168 Å². The van der Waals surface area contributed by atoms with Gasteiger partial charge in [-0.3, -0.25) is 0 Å². The summed E-state index contributed by atoms with van der Waals surface area (Å²) in [5.41, 5.74) is 9.14. The zero-order valence-corrected chi connectivity index (χ0v) is 31.2. The number of hydrogen-bond donors (Lipinski definition) is 0. The maximum atomic E-state index is 7.71. The summed E-state index contributed by atoms with van der Waals surface area (Å²) >= 11 is 0. The molecule has 2 aliphatic heterocycles. The van der Waals surface area contributed by atoms with Gasteiger partial charge in [-0.25, -0.2) is 15.0 Å². The molecule has 10 rings (SSSR count). The molecule has 1 atom stereocenters. The Morgan fingerprint density at radius 3 is 1.89 bits per heavy atom. The summed E-state index contributed by atoms with van der Waals surface area (Å²) in [5, 5.41) is 2.28. The first-order chi connectivity index (χ1) is 27.1. The standard InChI is InChI=1S/C49H42N4O2/c1-3-48(4-2)41-22-14-13-21-39(41)42-37-19-11-12-20-38(37)44-40(43(42)48)27-28-49(55-44,35-23-25-36(26-24-35)53-29-31-54-32-30-53)47-51-45(33-15-7-5-8-16-33)50-46(52-47)34-17-9-6-10-18-34/h5-28H,3-4,29-32H2,1-2H3. The van der Waals surface area contributed by atoms with Crippen LogP contribution in [-0.2, 0) is 15.8 Å². The van der Waals surface area contributed by atoms with Gasteiger partial charge in [0.1, 0.15) is 5.75 Å². The Hall–Kier alpha value is -6.11. The number of benzene rings is 6. The van der Waals surface area contributed by atoms with Gasteiger partial charge >= 0.3 is 0 Å².